The normalized spacial score (nSPS) is 12.6. The number of ether oxygens (including phenoxy) is 1. The third kappa shape index (κ3) is 7.45. The van der Waals surface area contributed by atoms with E-state index in [1.165, 1.54) is 32.2 Å². The number of nitrogens with one attached hydrogen (secondary N) is 2. The van der Waals surface area contributed by atoms with Crippen molar-refractivity contribution < 1.29 is 23.5 Å². The van der Waals surface area contributed by atoms with Crippen LogP contribution in [0.25, 0.3) is 0 Å². The summed E-state index contributed by atoms with van der Waals surface area (Å²) in [6.07, 6.45) is 0.322. The molecule has 0 saturated heterocycles. The molecule has 0 spiro atoms. The maximum Gasteiger partial charge on any atom is 0.328 e. The Morgan fingerprint density at radius 1 is 1.00 bits per heavy atom. The van der Waals surface area contributed by atoms with Crippen LogP contribution in [0.3, 0.4) is 0 Å². The zero-order valence-electron chi connectivity index (χ0n) is 16.1. The van der Waals surface area contributed by atoms with Crippen LogP contribution in [0.15, 0.2) is 48.5 Å². The minimum Gasteiger partial charge on any atom is -0.467 e. The number of carbonyl (C=O) groups is 3. The van der Waals surface area contributed by atoms with Crippen LogP contribution in [0.2, 0.25) is 0 Å². The van der Waals surface area contributed by atoms with Crippen molar-refractivity contribution in [3.8, 4) is 0 Å². The van der Waals surface area contributed by atoms with Crippen LogP contribution in [0.1, 0.15) is 18.1 Å². The number of halogens is 2. The number of amides is 2. The van der Waals surface area contributed by atoms with Crippen molar-refractivity contribution in [1.29, 1.82) is 0 Å². The van der Waals surface area contributed by atoms with E-state index in [1.807, 2.05) is 24.3 Å². The van der Waals surface area contributed by atoms with Gasteiger partial charge in [-0.25, -0.2) is 9.18 Å². The second-order valence-electron chi connectivity index (χ2n) is 6.50. The topological polar surface area (TPSA) is 84.5 Å². The molecule has 0 aliphatic carbocycles. The number of hydrogen-bond acceptors (Lipinski definition) is 4. The molecule has 0 aromatic heterocycles. The highest BCUT2D eigenvalue weighted by Crippen LogP contribution is 2.11. The molecule has 2 aromatic rings. The van der Waals surface area contributed by atoms with Crippen LogP contribution in [0.4, 0.5) is 4.39 Å². The van der Waals surface area contributed by atoms with Gasteiger partial charge in [-0.05, 0) is 58.0 Å². The summed E-state index contributed by atoms with van der Waals surface area (Å²) in [6, 6.07) is 11.4. The van der Waals surface area contributed by atoms with Crippen molar-refractivity contribution >= 4 is 40.4 Å². The van der Waals surface area contributed by atoms with Crippen LogP contribution in [0, 0.1) is 9.39 Å². The van der Waals surface area contributed by atoms with Crippen molar-refractivity contribution in [1.82, 2.24) is 10.6 Å². The first-order valence-electron chi connectivity index (χ1n) is 8.92. The minimum absolute atomic E-state index is 0.0839. The molecule has 2 amide bonds. The van der Waals surface area contributed by atoms with E-state index < -0.39 is 35.7 Å². The summed E-state index contributed by atoms with van der Waals surface area (Å²) in [5.41, 5.74) is 1.40. The number of rotatable bonds is 8. The van der Waals surface area contributed by atoms with E-state index in [9.17, 15) is 18.8 Å². The van der Waals surface area contributed by atoms with Crippen molar-refractivity contribution in [2.45, 2.75) is 31.8 Å². The maximum absolute atomic E-state index is 13.5. The largest absolute Gasteiger partial charge is 0.467 e. The molecule has 154 valence electrons. The first-order valence-corrected chi connectivity index (χ1v) is 10.0. The van der Waals surface area contributed by atoms with E-state index in [0.29, 0.717) is 5.56 Å². The summed E-state index contributed by atoms with van der Waals surface area (Å²) in [7, 11) is 1.24. The molecule has 0 aliphatic rings. The van der Waals surface area contributed by atoms with Gasteiger partial charge in [-0.2, -0.15) is 0 Å². The number of hydrogen-bond donors (Lipinski definition) is 2. The summed E-state index contributed by atoms with van der Waals surface area (Å²) in [6.45, 7) is 1.29. The maximum atomic E-state index is 13.5. The average Bonchev–Trinajstić information content (AvgIpc) is 2.67. The minimum atomic E-state index is -0.960. The first kappa shape index (κ1) is 22.8. The van der Waals surface area contributed by atoms with Crippen molar-refractivity contribution in [3.05, 3.63) is 69.0 Å². The van der Waals surface area contributed by atoms with Gasteiger partial charge < -0.3 is 15.4 Å². The van der Waals surface area contributed by atoms with E-state index in [2.05, 4.69) is 33.2 Å². The van der Waals surface area contributed by atoms with Crippen molar-refractivity contribution in [2.75, 3.05) is 7.11 Å². The van der Waals surface area contributed by atoms with E-state index in [1.54, 1.807) is 6.07 Å². The molecule has 29 heavy (non-hydrogen) atoms. The highest BCUT2D eigenvalue weighted by molar-refractivity contribution is 14.1. The summed E-state index contributed by atoms with van der Waals surface area (Å²) in [4.78, 5) is 36.6. The second-order valence-corrected chi connectivity index (χ2v) is 7.75. The van der Waals surface area contributed by atoms with E-state index in [-0.39, 0.29) is 12.8 Å². The molecule has 2 atom stereocenters. The molecule has 0 bridgehead atoms. The number of esters is 1. The van der Waals surface area contributed by atoms with Gasteiger partial charge in [0.15, 0.2) is 0 Å². The zero-order valence-corrected chi connectivity index (χ0v) is 18.2. The quantitative estimate of drug-likeness (QED) is 0.421. The van der Waals surface area contributed by atoms with Gasteiger partial charge in [-0.3, -0.25) is 9.59 Å². The fourth-order valence-corrected chi connectivity index (χ4v) is 3.18. The molecule has 0 saturated carbocycles. The zero-order chi connectivity index (χ0) is 21.4. The van der Waals surface area contributed by atoms with Gasteiger partial charge in [0, 0.05) is 23.3 Å². The molecule has 0 heterocycles. The third-order valence-corrected chi connectivity index (χ3v) is 4.90. The predicted molar refractivity (Wildman–Crippen MR) is 115 cm³/mol. The highest BCUT2D eigenvalue weighted by Gasteiger charge is 2.27. The highest BCUT2D eigenvalue weighted by atomic mass is 127. The molecule has 6 nitrogen and oxygen atoms in total. The summed E-state index contributed by atoms with van der Waals surface area (Å²) >= 11 is 2.17. The molecule has 2 N–H and O–H groups in total. The lowest BCUT2D eigenvalue weighted by molar-refractivity contribution is -0.145. The van der Waals surface area contributed by atoms with Gasteiger partial charge in [-0.1, -0.05) is 24.3 Å². The lowest BCUT2D eigenvalue weighted by Crippen LogP contribution is -2.53. The van der Waals surface area contributed by atoms with E-state index in [0.717, 1.165) is 9.13 Å². The van der Waals surface area contributed by atoms with Gasteiger partial charge in [0.2, 0.25) is 11.8 Å². The van der Waals surface area contributed by atoms with Crippen LogP contribution in [-0.4, -0.2) is 37.0 Å². The molecule has 2 rings (SSSR count). The van der Waals surface area contributed by atoms with E-state index in [4.69, 9.17) is 4.74 Å². The fraction of sp³-hybridized carbons (Fsp3) is 0.286. The molecule has 2 aromatic carbocycles. The third-order valence-electron chi connectivity index (χ3n) is 4.18. The summed E-state index contributed by atoms with van der Waals surface area (Å²) in [5.74, 6) is -1.99. The number of methoxy groups -OCH3 is 1. The lowest BCUT2D eigenvalue weighted by atomic mass is 10.0. The Balaban J connectivity index is 2.16. The molecule has 0 unspecified atom stereocenters. The molecular formula is C21H22FIN2O4. The Morgan fingerprint density at radius 2 is 1.66 bits per heavy atom. The Hall–Kier alpha value is -2.49. The summed E-state index contributed by atoms with van der Waals surface area (Å²) < 4.78 is 19.3. The monoisotopic (exact) mass is 512 g/mol. The van der Waals surface area contributed by atoms with E-state index >= 15 is 0 Å². The van der Waals surface area contributed by atoms with Crippen LogP contribution in [-0.2, 0) is 32.0 Å². The van der Waals surface area contributed by atoms with Gasteiger partial charge in [0.25, 0.3) is 0 Å². The first-order chi connectivity index (χ1) is 13.8. The fourth-order valence-electron chi connectivity index (χ4n) is 2.82. The molecule has 8 heteroatoms. The van der Waals surface area contributed by atoms with Crippen molar-refractivity contribution in [3.63, 3.8) is 0 Å². The standard InChI is InChI=1S/C21H22FIN2O4/c1-13(26)24-18(12-15-4-3-5-16(22)10-15)20(27)25-19(21(28)29-2)11-14-6-8-17(23)9-7-14/h3-10,18-19H,11-12H2,1-2H3,(H,24,26)(H,25,27)/t18-,19+/m1/s1. The lowest BCUT2D eigenvalue weighted by Gasteiger charge is -2.22. The Labute approximate surface area is 182 Å². The number of benzene rings is 2. The predicted octanol–water partition coefficient (Wildman–Crippen LogP) is 2.38. The van der Waals surface area contributed by atoms with Gasteiger partial charge >= 0.3 is 5.97 Å². The summed E-state index contributed by atoms with van der Waals surface area (Å²) in [5, 5.41) is 5.20. The van der Waals surface area contributed by atoms with Gasteiger partial charge in [0.05, 0.1) is 7.11 Å². The Morgan fingerprint density at radius 3 is 2.24 bits per heavy atom. The van der Waals surface area contributed by atoms with Crippen LogP contribution in [0.5, 0.6) is 0 Å². The Kier molecular flexibility index (Phi) is 8.56. The van der Waals surface area contributed by atoms with Gasteiger partial charge in [-0.15, -0.1) is 0 Å². The molecule has 0 radical (unpaired) electrons. The van der Waals surface area contributed by atoms with Crippen molar-refractivity contribution in [2.24, 2.45) is 0 Å². The van der Waals surface area contributed by atoms with Gasteiger partial charge in [0.1, 0.15) is 17.9 Å². The number of carbonyl (C=O) groups excluding carboxylic acids is 3. The average molecular weight is 512 g/mol. The van der Waals surface area contributed by atoms with Crippen LogP contribution >= 0.6 is 22.6 Å². The smallest absolute Gasteiger partial charge is 0.328 e. The van der Waals surface area contributed by atoms with Crippen LogP contribution < -0.4 is 10.6 Å². The molecule has 0 aliphatic heterocycles. The SMILES string of the molecule is COC(=O)[C@H](Cc1ccc(I)cc1)NC(=O)[C@@H](Cc1cccc(F)c1)NC(C)=O. The second kappa shape index (κ2) is 10.9. The Bertz CT molecular complexity index is 873. The molecular weight excluding hydrogens is 490 g/mol. The molecule has 0 fully saturated rings.